The van der Waals surface area contributed by atoms with Crippen molar-refractivity contribution >= 4 is 11.9 Å². The Hall–Kier alpha value is -2.66. The molecule has 1 atom stereocenters. The molecule has 1 heterocycles. The van der Waals surface area contributed by atoms with Crippen LogP contribution in [0.25, 0.3) is 0 Å². The summed E-state index contributed by atoms with van der Waals surface area (Å²) in [4.78, 5) is 25.6. The molecule has 0 unspecified atom stereocenters. The summed E-state index contributed by atoms with van der Waals surface area (Å²) >= 11 is 0. The Morgan fingerprint density at radius 3 is 2.44 bits per heavy atom. The molecule has 0 radical (unpaired) electrons. The molecular weight excluding hydrogens is 316 g/mol. The SMILES string of the molecule is O=C(O)c1ccc(CNC(=O)[C@H]2CCCN2Cc2ccccc2)cc1. The van der Waals surface area contributed by atoms with Crippen molar-refractivity contribution in [3.63, 3.8) is 0 Å². The summed E-state index contributed by atoms with van der Waals surface area (Å²) in [5.41, 5.74) is 2.36. The van der Waals surface area contributed by atoms with Crippen LogP contribution >= 0.6 is 0 Å². The standard InChI is InChI=1S/C20H22N2O3/c23-19(21-13-15-8-10-17(11-9-15)20(24)25)18-7-4-12-22(18)14-16-5-2-1-3-6-16/h1-3,5-6,8-11,18H,4,7,12-14H2,(H,21,23)(H,24,25)/t18-/m1/s1. The zero-order chi connectivity index (χ0) is 17.6. The van der Waals surface area contributed by atoms with Gasteiger partial charge in [0, 0.05) is 13.1 Å². The molecule has 25 heavy (non-hydrogen) atoms. The van der Waals surface area contributed by atoms with Crippen molar-refractivity contribution in [1.29, 1.82) is 0 Å². The summed E-state index contributed by atoms with van der Waals surface area (Å²) < 4.78 is 0. The monoisotopic (exact) mass is 338 g/mol. The average Bonchev–Trinajstić information content (AvgIpc) is 3.09. The number of amides is 1. The topological polar surface area (TPSA) is 69.6 Å². The van der Waals surface area contributed by atoms with Gasteiger partial charge in [0.05, 0.1) is 11.6 Å². The van der Waals surface area contributed by atoms with Crippen LogP contribution < -0.4 is 5.32 Å². The molecule has 1 aliphatic rings. The highest BCUT2D eigenvalue weighted by molar-refractivity contribution is 5.87. The molecule has 2 aromatic carbocycles. The number of hydrogen-bond acceptors (Lipinski definition) is 3. The van der Waals surface area contributed by atoms with Crippen molar-refractivity contribution in [2.75, 3.05) is 6.54 Å². The third kappa shape index (κ3) is 4.45. The minimum absolute atomic E-state index is 0.0377. The van der Waals surface area contributed by atoms with Gasteiger partial charge in [0.2, 0.25) is 5.91 Å². The maximum atomic E-state index is 12.5. The Morgan fingerprint density at radius 1 is 1.04 bits per heavy atom. The smallest absolute Gasteiger partial charge is 0.335 e. The summed E-state index contributed by atoms with van der Waals surface area (Å²) in [5.74, 6) is -0.908. The Bertz CT molecular complexity index is 728. The molecule has 0 aliphatic carbocycles. The number of hydrogen-bond donors (Lipinski definition) is 2. The lowest BCUT2D eigenvalue weighted by atomic mass is 10.1. The molecule has 0 saturated carbocycles. The van der Waals surface area contributed by atoms with Crippen LogP contribution in [0.5, 0.6) is 0 Å². The largest absolute Gasteiger partial charge is 0.478 e. The second-order valence-corrected chi connectivity index (χ2v) is 6.33. The van der Waals surface area contributed by atoms with E-state index in [1.54, 1.807) is 24.3 Å². The molecule has 130 valence electrons. The lowest BCUT2D eigenvalue weighted by Crippen LogP contribution is -2.42. The average molecular weight is 338 g/mol. The van der Waals surface area contributed by atoms with E-state index in [1.165, 1.54) is 5.56 Å². The second kappa shape index (κ2) is 7.94. The van der Waals surface area contributed by atoms with E-state index >= 15 is 0 Å². The van der Waals surface area contributed by atoms with E-state index in [0.29, 0.717) is 6.54 Å². The van der Waals surface area contributed by atoms with Crippen LogP contribution in [-0.4, -0.2) is 34.5 Å². The van der Waals surface area contributed by atoms with Crippen molar-refractivity contribution in [2.45, 2.75) is 32.0 Å². The fourth-order valence-electron chi connectivity index (χ4n) is 3.20. The van der Waals surface area contributed by atoms with Gasteiger partial charge in [-0.1, -0.05) is 42.5 Å². The number of nitrogens with zero attached hydrogens (tertiary/aromatic N) is 1. The van der Waals surface area contributed by atoms with Gasteiger partial charge in [0.15, 0.2) is 0 Å². The first-order chi connectivity index (χ1) is 12.1. The predicted octanol–water partition coefficient (Wildman–Crippen LogP) is 2.67. The first-order valence-electron chi connectivity index (χ1n) is 8.51. The van der Waals surface area contributed by atoms with Crippen LogP contribution in [0.3, 0.4) is 0 Å². The van der Waals surface area contributed by atoms with Gasteiger partial charge < -0.3 is 10.4 Å². The van der Waals surface area contributed by atoms with Crippen molar-refractivity contribution < 1.29 is 14.7 Å². The van der Waals surface area contributed by atoms with E-state index in [2.05, 4.69) is 22.3 Å². The van der Waals surface area contributed by atoms with E-state index in [9.17, 15) is 9.59 Å². The van der Waals surface area contributed by atoms with E-state index in [-0.39, 0.29) is 17.5 Å². The molecule has 1 saturated heterocycles. The van der Waals surface area contributed by atoms with Crippen LogP contribution in [0.2, 0.25) is 0 Å². The van der Waals surface area contributed by atoms with Gasteiger partial charge in [0.25, 0.3) is 0 Å². The fourth-order valence-corrected chi connectivity index (χ4v) is 3.20. The maximum absolute atomic E-state index is 12.5. The van der Waals surface area contributed by atoms with Gasteiger partial charge in [-0.25, -0.2) is 4.79 Å². The maximum Gasteiger partial charge on any atom is 0.335 e. The molecule has 1 amide bonds. The summed E-state index contributed by atoms with van der Waals surface area (Å²) in [5, 5.41) is 11.9. The van der Waals surface area contributed by atoms with E-state index in [0.717, 1.165) is 31.5 Å². The van der Waals surface area contributed by atoms with Gasteiger partial charge in [0.1, 0.15) is 0 Å². The summed E-state index contributed by atoms with van der Waals surface area (Å²) in [7, 11) is 0. The third-order valence-electron chi connectivity index (χ3n) is 4.56. The van der Waals surface area contributed by atoms with Crippen LogP contribution in [-0.2, 0) is 17.9 Å². The Morgan fingerprint density at radius 2 is 1.76 bits per heavy atom. The number of likely N-dealkylation sites (tertiary alicyclic amines) is 1. The molecule has 0 bridgehead atoms. The van der Waals surface area contributed by atoms with Gasteiger partial charge in [-0.05, 0) is 42.6 Å². The van der Waals surface area contributed by atoms with Crippen LogP contribution in [0, 0.1) is 0 Å². The number of rotatable bonds is 6. The molecule has 0 aromatic heterocycles. The first kappa shape index (κ1) is 17.2. The second-order valence-electron chi connectivity index (χ2n) is 6.33. The zero-order valence-corrected chi connectivity index (χ0v) is 14.0. The lowest BCUT2D eigenvalue weighted by molar-refractivity contribution is -0.125. The quantitative estimate of drug-likeness (QED) is 0.850. The zero-order valence-electron chi connectivity index (χ0n) is 14.0. The number of aromatic carboxylic acids is 1. The lowest BCUT2D eigenvalue weighted by Gasteiger charge is -2.23. The summed E-state index contributed by atoms with van der Waals surface area (Å²) in [6, 6.07) is 16.7. The van der Waals surface area contributed by atoms with Crippen molar-refractivity contribution in [1.82, 2.24) is 10.2 Å². The Labute approximate surface area is 147 Å². The van der Waals surface area contributed by atoms with Crippen molar-refractivity contribution in [3.8, 4) is 0 Å². The van der Waals surface area contributed by atoms with Crippen LogP contribution in [0.15, 0.2) is 54.6 Å². The van der Waals surface area contributed by atoms with E-state index in [1.807, 2.05) is 18.2 Å². The summed E-state index contributed by atoms with van der Waals surface area (Å²) in [6.07, 6.45) is 1.90. The Kier molecular flexibility index (Phi) is 5.46. The van der Waals surface area contributed by atoms with Crippen molar-refractivity contribution in [3.05, 3.63) is 71.3 Å². The third-order valence-corrected chi connectivity index (χ3v) is 4.56. The number of carbonyl (C=O) groups is 2. The van der Waals surface area contributed by atoms with Crippen LogP contribution in [0.4, 0.5) is 0 Å². The normalized spacial score (nSPS) is 17.4. The minimum Gasteiger partial charge on any atom is -0.478 e. The number of nitrogens with one attached hydrogen (secondary N) is 1. The molecule has 0 spiro atoms. The van der Waals surface area contributed by atoms with Crippen LogP contribution in [0.1, 0.15) is 34.3 Å². The highest BCUT2D eigenvalue weighted by atomic mass is 16.4. The highest BCUT2D eigenvalue weighted by Gasteiger charge is 2.30. The minimum atomic E-state index is -0.946. The van der Waals surface area contributed by atoms with E-state index < -0.39 is 5.97 Å². The van der Waals surface area contributed by atoms with Crippen molar-refractivity contribution in [2.24, 2.45) is 0 Å². The summed E-state index contributed by atoms with van der Waals surface area (Å²) in [6.45, 7) is 2.13. The molecule has 2 N–H and O–H groups in total. The van der Waals surface area contributed by atoms with Gasteiger partial charge in [-0.2, -0.15) is 0 Å². The predicted molar refractivity (Wildman–Crippen MR) is 95.1 cm³/mol. The number of carbonyl (C=O) groups excluding carboxylic acids is 1. The highest BCUT2D eigenvalue weighted by Crippen LogP contribution is 2.20. The molecule has 1 fully saturated rings. The molecule has 3 rings (SSSR count). The Balaban J connectivity index is 1.55. The molecule has 2 aromatic rings. The molecule has 5 nitrogen and oxygen atoms in total. The fraction of sp³-hybridized carbons (Fsp3) is 0.300. The molecule has 5 heteroatoms. The molecular formula is C20H22N2O3. The first-order valence-corrected chi connectivity index (χ1v) is 8.51. The van der Waals surface area contributed by atoms with Gasteiger partial charge in [-0.15, -0.1) is 0 Å². The number of benzene rings is 2. The van der Waals surface area contributed by atoms with E-state index in [4.69, 9.17) is 5.11 Å². The molecule has 1 aliphatic heterocycles. The van der Waals surface area contributed by atoms with Gasteiger partial charge in [-0.3, -0.25) is 9.69 Å². The number of carboxylic acids is 1. The van der Waals surface area contributed by atoms with Gasteiger partial charge >= 0.3 is 5.97 Å². The number of carboxylic acid groups (broad SMARTS) is 1.